The number of carbonyl (C=O) groups excluding carboxylic acids is 2. The van der Waals surface area contributed by atoms with Gasteiger partial charge in [-0.2, -0.15) is 0 Å². The van der Waals surface area contributed by atoms with Gasteiger partial charge in [0.25, 0.3) is 5.91 Å². The van der Waals surface area contributed by atoms with Crippen molar-refractivity contribution in [1.82, 2.24) is 4.90 Å². The quantitative estimate of drug-likeness (QED) is 0.625. The summed E-state index contributed by atoms with van der Waals surface area (Å²) in [6.45, 7) is 7.71. The zero-order valence-corrected chi connectivity index (χ0v) is 19.7. The van der Waals surface area contributed by atoms with Crippen molar-refractivity contribution in [2.75, 3.05) is 17.6 Å². The van der Waals surface area contributed by atoms with Gasteiger partial charge in [-0.15, -0.1) is 11.3 Å². The van der Waals surface area contributed by atoms with Gasteiger partial charge in [0, 0.05) is 30.4 Å². The number of nitrogens with zero attached hydrogens (tertiary/aromatic N) is 1. The maximum Gasteiger partial charge on any atom is 0.251 e. The molecule has 0 saturated carbocycles. The maximum absolute atomic E-state index is 12.5. The molecule has 0 atom stereocenters. The molecule has 0 radical (unpaired) electrons. The number of sulfone groups is 1. The number of fused-ring (bicyclic) bond motifs is 1. The number of hydrogen-bond donors (Lipinski definition) is 2. The van der Waals surface area contributed by atoms with Crippen LogP contribution in [0.5, 0.6) is 0 Å². The molecule has 2 heterocycles. The Balaban J connectivity index is 1.64. The van der Waals surface area contributed by atoms with Crippen LogP contribution >= 0.6 is 11.3 Å². The van der Waals surface area contributed by atoms with E-state index in [0.29, 0.717) is 23.0 Å². The molecule has 1 aromatic heterocycles. The Kier molecular flexibility index (Phi) is 7.18. The van der Waals surface area contributed by atoms with Gasteiger partial charge in [0.05, 0.1) is 16.2 Å². The summed E-state index contributed by atoms with van der Waals surface area (Å²) in [4.78, 5) is 28.2. The number of rotatable bonds is 8. The first-order chi connectivity index (χ1) is 14.6. The van der Waals surface area contributed by atoms with Crippen LogP contribution in [0.15, 0.2) is 29.2 Å². The predicted molar refractivity (Wildman–Crippen MR) is 123 cm³/mol. The van der Waals surface area contributed by atoms with E-state index in [1.165, 1.54) is 11.3 Å². The van der Waals surface area contributed by atoms with Crippen LogP contribution in [-0.4, -0.2) is 43.5 Å². The van der Waals surface area contributed by atoms with E-state index < -0.39 is 15.7 Å². The summed E-state index contributed by atoms with van der Waals surface area (Å²) in [7, 11) is -3.44. The van der Waals surface area contributed by atoms with E-state index in [-0.39, 0.29) is 29.4 Å². The molecule has 2 amide bonds. The number of nitrogens with one attached hydrogen (secondary N) is 1. The zero-order valence-electron chi connectivity index (χ0n) is 18.1. The summed E-state index contributed by atoms with van der Waals surface area (Å²) in [6.07, 6.45) is 0.955. The molecule has 0 bridgehead atoms. The molecule has 0 spiro atoms. The summed E-state index contributed by atoms with van der Waals surface area (Å²) in [5.74, 6) is -0.982. The Morgan fingerprint density at radius 1 is 1.23 bits per heavy atom. The Morgan fingerprint density at radius 3 is 2.52 bits per heavy atom. The molecule has 0 saturated heterocycles. The minimum Gasteiger partial charge on any atom is -0.365 e. The molecular formula is C22H29N3O4S2. The average molecular weight is 464 g/mol. The molecule has 168 valence electrons. The van der Waals surface area contributed by atoms with Crippen molar-refractivity contribution in [3.63, 3.8) is 0 Å². The molecule has 31 heavy (non-hydrogen) atoms. The van der Waals surface area contributed by atoms with Crippen LogP contribution in [0, 0.1) is 6.92 Å². The number of anilines is 1. The number of aryl methyl sites for hydroxylation is 1. The van der Waals surface area contributed by atoms with Crippen LogP contribution < -0.4 is 11.1 Å². The molecule has 1 aliphatic rings. The second-order valence-corrected chi connectivity index (χ2v) is 11.4. The van der Waals surface area contributed by atoms with Crippen LogP contribution in [0.2, 0.25) is 0 Å². The van der Waals surface area contributed by atoms with E-state index in [2.05, 4.69) is 24.1 Å². The molecule has 9 heteroatoms. The molecule has 2 aromatic rings. The number of nitrogens with two attached hydrogens (primary N) is 1. The van der Waals surface area contributed by atoms with Crippen LogP contribution in [0.4, 0.5) is 5.00 Å². The van der Waals surface area contributed by atoms with Crippen molar-refractivity contribution in [2.24, 2.45) is 5.73 Å². The second kappa shape index (κ2) is 9.50. The van der Waals surface area contributed by atoms with Crippen LogP contribution in [0.25, 0.3) is 0 Å². The van der Waals surface area contributed by atoms with Gasteiger partial charge in [0.1, 0.15) is 5.00 Å². The van der Waals surface area contributed by atoms with Gasteiger partial charge < -0.3 is 11.1 Å². The van der Waals surface area contributed by atoms with Crippen molar-refractivity contribution >= 4 is 38.0 Å². The lowest BCUT2D eigenvalue weighted by atomic mass is 10.0. The van der Waals surface area contributed by atoms with Crippen molar-refractivity contribution in [2.45, 2.75) is 57.5 Å². The lowest BCUT2D eigenvalue weighted by Gasteiger charge is -2.30. The monoisotopic (exact) mass is 463 g/mol. The first-order valence-electron chi connectivity index (χ1n) is 10.4. The van der Waals surface area contributed by atoms with E-state index >= 15 is 0 Å². The summed E-state index contributed by atoms with van der Waals surface area (Å²) in [5, 5.41) is 3.26. The predicted octanol–water partition coefficient (Wildman–Crippen LogP) is 3.11. The molecule has 3 N–H and O–H groups in total. The smallest absolute Gasteiger partial charge is 0.251 e. The third-order valence-corrected chi connectivity index (χ3v) is 8.46. The molecule has 0 aliphatic carbocycles. The van der Waals surface area contributed by atoms with E-state index in [9.17, 15) is 18.0 Å². The van der Waals surface area contributed by atoms with E-state index in [1.54, 1.807) is 24.3 Å². The highest BCUT2D eigenvalue weighted by molar-refractivity contribution is 7.91. The van der Waals surface area contributed by atoms with Crippen molar-refractivity contribution in [3.8, 4) is 0 Å². The Bertz CT molecular complexity index is 1070. The maximum atomic E-state index is 12.5. The van der Waals surface area contributed by atoms with E-state index in [4.69, 9.17) is 5.73 Å². The highest BCUT2D eigenvalue weighted by Gasteiger charge is 2.28. The largest absolute Gasteiger partial charge is 0.365 e. The lowest BCUT2D eigenvalue weighted by Crippen LogP contribution is -2.35. The van der Waals surface area contributed by atoms with Gasteiger partial charge in [-0.1, -0.05) is 17.7 Å². The number of thiophene rings is 1. The fourth-order valence-corrected chi connectivity index (χ4v) is 6.29. The Hall–Kier alpha value is -2.23. The Labute approximate surface area is 187 Å². The highest BCUT2D eigenvalue weighted by atomic mass is 32.2. The van der Waals surface area contributed by atoms with Crippen LogP contribution in [0.1, 0.15) is 53.1 Å². The molecule has 0 unspecified atom stereocenters. The van der Waals surface area contributed by atoms with E-state index in [1.807, 2.05) is 6.92 Å². The molecule has 1 aliphatic heterocycles. The molecular weight excluding hydrogens is 434 g/mol. The van der Waals surface area contributed by atoms with Gasteiger partial charge in [-0.05, 0) is 51.3 Å². The topological polar surface area (TPSA) is 110 Å². The standard InChI is InChI=1S/C22H29N3O4S2/c1-14(2)25-11-10-17-18(13-25)30-22(20(17)21(23)27)24-19(26)5-4-12-31(28,29)16-8-6-15(3)7-9-16/h6-9,14H,4-5,10-13H2,1-3H3,(H2,23,27)(H,24,26). The molecule has 7 nitrogen and oxygen atoms in total. The van der Waals surface area contributed by atoms with Gasteiger partial charge in [0.15, 0.2) is 9.84 Å². The zero-order chi connectivity index (χ0) is 22.8. The fourth-order valence-electron chi connectivity index (χ4n) is 3.69. The highest BCUT2D eigenvalue weighted by Crippen LogP contribution is 2.37. The lowest BCUT2D eigenvalue weighted by molar-refractivity contribution is -0.116. The average Bonchev–Trinajstić information content (AvgIpc) is 3.05. The minimum atomic E-state index is -3.44. The summed E-state index contributed by atoms with van der Waals surface area (Å²) in [6, 6.07) is 7.07. The number of primary amides is 1. The minimum absolute atomic E-state index is 0.0456. The summed E-state index contributed by atoms with van der Waals surface area (Å²) >= 11 is 1.38. The SMILES string of the molecule is Cc1ccc(S(=O)(=O)CCCC(=O)Nc2sc3c(c2C(N)=O)CCN(C(C)C)C3)cc1. The fraction of sp³-hybridized carbons (Fsp3) is 0.455. The number of benzene rings is 1. The molecule has 3 rings (SSSR count). The van der Waals surface area contributed by atoms with Crippen molar-refractivity contribution in [1.29, 1.82) is 0 Å². The van der Waals surface area contributed by atoms with Crippen LogP contribution in [-0.2, 0) is 27.6 Å². The normalized spacial score (nSPS) is 14.5. The van der Waals surface area contributed by atoms with Crippen molar-refractivity contribution in [3.05, 3.63) is 45.8 Å². The molecule has 0 fully saturated rings. The third kappa shape index (κ3) is 5.53. The first kappa shape index (κ1) is 23.4. The number of amides is 2. The summed E-state index contributed by atoms with van der Waals surface area (Å²) < 4.78 is 24.9. The number of carbonyl (C=O) groups is 2. The summed E-state index contributed by atoms with van der Waals surface area (Å²) in [5.41, 5.74) is 7.91. The first-order valence-corrected chi connectivity index (χ1v) is 12.8. The molecule has 1 aromatic carbocycles. The van der Waals surface area contributed by atoms with Gasteiger partial charge in [-0.3, -0.25) is 14.5 Å². The van der Waals surface area contributed by atoms with Crippen LogP contribution in [0.3, 0.4) is 0 Å². The van der Waals surface area contributed by atoms with Gasteiger partial charge >= 0.3 is 0 Å². The van der Waals surface area contributed by atoms with E-state index in [0.717, 1.165) is 29.1 Å². The Morgan fingerprint density at radius 2 is 1.90 bits per heavy atom. The van der Waals surface area contributed by atoms with Gasteiger partial charge in [0.2, 0.25) is 5.91 Å². The van der Waals surface area contributed by atoms with Gasteiger partial charge in [-0.25, -0.2) is 8.42 Å². The second-order valence-electron chi connectivity index (χ2n) is 8.17. The third-order valence-electron chi connectivity index (χ3n) is 5.51. The number of hydrogen-bond acceptors (Lipinski definition) is 6. The van der Waals surface area contributed by atoms with Crippen molar-refractivity contribution < 1.29 is 18.0 Å².